The maximum atomic E-state index is 5.17. The van der Waals surface area contributed by atoms with Gasteiger partial charge in [0.05, 0.1) is 12.7 Å². The third-order valence-electron chi connectivity index (χ3n) is 4.06. The van der Waals surface area contributed by atoms with Gasteiger partial charge in [0.1, 0.15) is 6.79 Å². The molecule has 2 heteroatoms. The molecule has 19 heavy (non-hydrogen) atoms. The lowest BCUT2D eigenvalue weighted by molar-refractivity contribution is -0.159. The summed E-state index contributed by atoms with van der Waals surface area (Å²) in [5.74, 6) is 0.559. The maximum Gasteiger partial charge on any atom is 0.147 e. The van der Waals surface area contributed by atoms with Crippen molar-refractivity contribution >= 4 is 0 Å². The number of rotatable bonds is 4. The zero-order chi connectivity index (χ0) is 13.7. The smallest absolute Gasteiger partial charge is 0.147 e. The summed E-state index contributed by atoms with van der Waals surface area (Å²) < 4.78 is 10.2. The molecule has 0 saturated carbocycles. The van der Waals surface area contributed by atoms with E-state index in [4.69, 9.17) is 9.47 Å². The van der Waals surface area contributed by atoms with Crippen molar-refractivity contribution in [1.29, 1.82) is 0 Å². The van der Waals surface area contributed by atoms with Crippen LogP contribution in [-0.4, -0.2) is 19.5 Å². The average Bonchev–Trinajstić information content (AvgIpc) is 2.39. The summed E-state index contributed by atoms with van der Waals surface area (Å²) >= 11 is 0. The van der Waals surface area contributed by atoms with Crippen molar-refractivity contribution in [2.75, 3.05) is 13.4 Å². The Balaban J connectivity index is 0.000000148. The zero-order valence-electron chi connectivity index (χ0n) is 12.4. The fourth-order valence-corrected chi connectivity index (χ4v) is 2.33. The van der Waals surface area contributed by atoms with Gasteiger partial charge in [-0.25, -0.2) is 0 Å². The highest BCUT2D eigenvalue weighted by Crippen LogP contribution is 2.18. The molecule has 1 aliphatic heterocycles. The normalized spacial score (nSPS) is 23.5. The minimum Gasteiger partial charge on any atom is -0.355 e. The van der Waals surface area contributed by atoms with Gasteiger partial charge in [-0.1, -0.05) is 44.9 Å². The van der Waals surface area contributed by atoms with Gasteiger partial charge >= 0.3 is 0 Å². The van der Waals surface area contributed by atoms with Gasteiger partial charge in [-0.2, -0.15) is 0 Å². The van der Waals surface area contributed by atoms with E-state index in [9.17, 15) is 0 Å². The molecule has 0 radical (unpaired) electrons. The molecule has 106 valence electrons. The molecule has 0 aromatic rings. The lowest BCUT2D eigenvalue weighted by Gasteiger charge is -2.25. The summed E-state index contributed by atoms with van der Waals surface area (Å²) in [6, 6.07) is 6.75. The van der Waals surface area contributed by atoms with E-state index in [0.717, 1.165) is 6.61 Å². The number of hydrogen-bond donors (Lipinski definition) is 0. The standard InChI is InChI=1S/C11H14.C6H12O2/c1-2-3-4-5-9-8-10-6-7-11(9)10;1-5-3-7-4-8-6(5)2/h6-8H,2-5H2,1H3;5-6H,3-4H2,1-2H3. The first-order valence-corrected chi connectivity index (χ1v) is 7.55. The largest absolute Gasteiger partial charge is 0.355 e. The first kappa shape index (κ1) is 14.5. The first-order valence-electron chi connectivity index (χ1n) is 7.55. The molecule has 0 aromatic heterocycles. The van der Waals surface area contributed by atoms with Crippen molar-refractivity contribution in [2.45, 2.75) is 52.6 Å². The van der Waals surface area contributed by atoms with E-state index in [1.54, 1.807) is 10.8 Å². The Kier molecular flexibility index (Phi) is 5.41. The fraction of sp³-hybridized carbons (Fsp3) is 0.647. The first-order chi connectivity index (χ1) is 9.22. The Bertz CT molecular complexity index is 471. The third-order valence-corrected chi connectivity index (χ3v) is 4.06. The Morgan fingerprint density at radius 1 is 1.21 bits per heavy atom. The predicted molar refractivity (Wildman–Crippen MR) is 77.9 cm³/mol. The van der Waals surface area contributed by atoms with Gasteiger partial charge in [0.15, 0.2) is 0 Å². The van der Waals surface area contributed by atoms with Crippen LogP contribution in [0.5, 0.6) is 0 Å². The van der Waals surface area contributed by atoms with E-state index in [-0.39, 0.29) is 0 Å². The van der Waals surface area contributed by atoms with Crippen molar-refractivity contribution in [3.63, 3.8) is 0 Å². The van der Waals surface area contributed by atoms with Gasteiger partial charge in [0.2, 0.25) is 0 Å². The fourth-order valence-electron chi connectivity index (χ4n) is 2.33. The number of ether oxygens (including phenoxy) is 2. The second kappa shape index (κ2) is 7.06. The molecule has 2 atom stereocenters. The van der Waals surface area contributed by atoms with Crippen LogP contribution >= 0.6 is 0 Å². The van der Waals surface area contributed by atoms with Gasteiger partial charge in [-0.3, -0.25) is 0 Å². The van der Waals surface area contributed by atoms with Crippen LogP contribution < -0.4 is 0 Å². The monoisotopic (exact) mass is 262 g/mol. The van der Waals surface area contributed by atoms with Gasteiger partial charge in [-0.05, 0) is 35.8 Å². The van der Waals surface area contributed by atoms with Crippen molar-refractivity contribution < 1.29 is 9.47 Å². The minimum atomic E-state index is 0.378. The lowest BCUT2D eigenvalue weighted by atomic mass is 9.95. The number of hydrogen-bond acceptors (Lipinski definition) is 2. The predicted octanol–water partition coefficient (Wildman–Crippen LogP) is 4.03. The van der Waals surface area contributed by atoms with Crippen molar-refractivity contribution in [3.8, 4) is 0 Å². The highest BCUT2D eigenvalue weighted by atomic mass is 16.7. The molecule has 2 aliphatic carbocycles. The van der Waals surface area contributed by atoms with E-state index in [1.165, 1.54) is 30.9 Å². The summed E-state index contributed by atoms with van der Waals surface area (Å²) in [4.78, 5) is 0. The molecule has 1 saturated heterocycles. The SMILES string of the molecule is CC1COCOC1C.CCCCCc1cc2ccc1=2. The lowest BCUT2D eigenvalue weighted by Crippen LogP contribution is -2.29. The topological polar surface area (TPSA) is 18.5 Å². The highest BCUT2D eigenvalue weighted by Gasteiger charge is 2.16. The summed E-state index contributed by atoms with van der Waals surface area (Å²) in [5.41, 5.74) is 1.59. The van der Waals surface area contributed by atoms with Crippen LogP contribution in [0.15, 0.2) is 18.2 Å². The van der Waals surface area contributed by atoms with E-state index in [2.05, 4.69) is 39.0 Å². The molecule has 0 aromatic carbocycles. The molecule has 2 nitrogen and oxygen atoms in total. The average molecular weight is 262 g/mol. The molecule has 1 fully saturated rings. The molecular weight excluding hydrogens is 236 g/mol. The number of aryl methyl sites for hydroxylation is 1. The van der Waals surface area contributed by atoms with E-state index >= 15 is 0 Å². The number of benzene rings is 1. The van der Waals surface area contributed by atoms with Crippen LogP contribution in [-0.2, 0) is 15.9 Å². The summed E-state index contributed by atoms with van der Waals surface area (Å²) in [5, 5.41) is 3.03. The van der Waals surface area contributed by atoms with Crippen LogP contribution in [0.25, 0.3) is 0 Å². The Morgan fingerprint density at radius 2 is 2.05 bits per heavy atom. The van der Waals surface area contributed by atoms with Gasteiger partial charge in [0.25, 0.3) is 0 Å². The maximum absolute atomic E-state index is 5.17. The molecule has 0 spiro atoms. The van der Waals surface area contributed by atoms with Crippen molar-refractivity contribution in [1.82, 2.24) is 0 Å². The van der Waals surface area contributed by atoms with Crippen LogP contribution in [0.3, 0.4) is 0 Å². The molecular formula is C17H26O2. The van der Waals surface area contributed by atoms with Gasteiger partial charge < -0.3 is 9.47 Å². The summed E-state index contributed by atoms with van der Waals surface area (Å²) in [6.45, 7) is 7.78. The van der Waals surface area contributed by atoms with Crippen LogP contribution in [0.4, 0.5) is 0 Å². The molecule has 2 unspecified atom stereocenters. The molecule has 0 N–H and O–H groups in total. The second-order valence-electron chi connectivity index (χ2n) is 5.67. The minimum absolute atomic E-state index is 0.378. The van der Waals surface area contributed by atoms with Gasteiger partial charge in [-0.15, -0.1) is 0 Å². The highest BCUT2D eigenvalue weighted by molar-refractivity contribution is 5.33. The van der Waals surface area contributed by atoms with E-state index in [1.807, 2.05) is 0 Å². The summed E-state index contributed by atoms with van der Waals surface area (Å²) in [7, 11) is 0. The van der Waals surface area contributed by atoms with E-state index < -0.39 is 0 Å². The molecule has 0 amide bonds. The molecule has 0 bridgehead atoms. The van der Waals surface area contributed by atoms with Crippen LogP contribution in [0.2, 0.25) is 0 Å². The number of unbranched alkanes of at least 4 members (excludes halogenated alkanes) is 2. The Morgan fingerprint density at radius 3 is 2.47 bits per heavy atom. The third kappa shape index (κ3) is 3.80. The van der Waals surface area contributed by atoms with Crippen LogP contribution in [0.1, 0.15) is 45.6 Å². The van der Waals surface area contributed by atoms with E-state index in [0.29, 0.717) is 18.8 Å². The van der Waals surface area contributed by atoms with Gasteiger partial charge in [0, 0.05) is 5.92 Å². The van der Waals surface area contributed by atoms with Crippen molar-refractivity contribution in [2.24, 2.45) is 5.92 Å². The molecule has 1 heterocycles. The summed E-state index contributed by atoms with van der Waals surface area (Å²) in [6.07, 6.45) is 5.76. The zero-order valence-corrected chi connectivity index (χ0v) is 12.4. The Labute approximate surface area is 116 Å². The van der Waals surface area contributed by atoms with Crippen LogP contribution in [0, 0.1) is 16.4 Å². The van der Waals surface area contributed by atoms with Crippen molar-refractivity contribution in [3.05, 3.63) is 34.2 Å². The quantitative estimate of drug-likeness (QED) is 0.774. The Hall–Kier alpha value is -0.860. The molecule has 3 rings (SSSR count). The molecule has 3 aliphatic rings. The second-order valence-corrected chi connectivity index (χ2v) is 5.67.